The molecule has 148 valence electrons. The molecule has 0 fully saturated rings. The smallest absolute Gasteiger partial charge is 0.252 e. The van der Waals surface area contributed by atoms with Crippen molar-refractivity contribution in [2.45, 2.75) is 12.5 Å². The van der Waals surface area contributed by atoms with Gasteiger partial charge in [0.1, 0.15) is 6.04 Å². The molecule has 1 unspecified atom stereocenters. The second kappa shape index (κ2) is 8.57. The van der Waals surface area contributed by atoms with Crippen molar-refractivity contribution in [1.82, 2.24) is 10.3 Å². The maximum absolute atomic E-state index is 13.2. The van der Waals surface area contributed by atoms with Crippen LogP contribution >= 0.6 is 0 Å². The first kappa shape index (κ1) is 19.3. The lowest BCUT2D eigenvalue weighted by Gasteiger charge is -2.17. The predicted molar refractivity (Wildman–Crippen MR) is 118 cm³/mol. The van der Waals surface area contributed by atoms with Crippen molar-refractivity contribution < 1.29 is 9.59 Å². The normalized spacial score (nSPS) is 11.7. The number of nitrogens with zero attached hydrogens (tertiary/aromatic N) is 1. The number of pyridine rings is 1. The van der Waals surface area contributed by atoms with Gasteiger partial charge in [-0.05, 0) is 17.7 Å². The van der Waals surface area contributed by atoms with E-state index in [1.807, 2.05) is 84.9 Å². The van der Waals surface area contributed by atoms with Crippen LogP contribution in [0.15, 0.2) is 91.0 Å². The van der Waals surface area contributed by atoms with Gasteiger partial charge < -0.3 is 11.1 Å². The average Bonchev–Trinajstić information content (AvgIpc) is 2.79. The highest BCUT2D eigenvalue weighted by molar-refractivity contribution is 6.08. The molecule has 2 amide bonds. The number of carbonyl (C=O) groups is 2. The quantitative estimate of drug-likeness (QED) is 0.522. The Kier molecular flexibility index (Phi) is 5.52. The number of para-hydroxylation sites is 1. The van der Waals surface area contributed by atoms with E-state index >= 15 is 0 Å². The zero-order valence-electron chi connectivity index (χ0n) is 16.3. The molecule has 0 saturated carbocycles. The van der Waals surface area contributed by atoms with Crippen LogP contribution in [0, 0.1) is 0 Å². The van der Waals surface area contributed by atoms with E-state index in [1.165, 1.54) is 0 Å². The SMILES string of the molecule is NC(=O)C(Cc1ccccc1)NC(=O)c1cc(-c2ccccc2)nc2ccccc12. The Labute approximate surface area is 174 Å². The molecular weight excluding hydrogens is 374 g/mol. The summed E-state index contributed by atoms with van der Waals surface area (Å²) in [4.78, 5) is 29.9. The first-order valence-electron chi connectivity index (χ1n) is 9.71. The van der Waals surface area contributed by atoms with Crippen molar-refractivity contribution in [3.8, 4) is 11.3 Å². The molecule has 1 atom stereocenters. The lowest BCUT2D eigenvalue weighted by atomic mass is 10.0. The summed E-state index contributed by atoms with van der Waals surface area (Å²) in [6, 6.07) is 27.5. The summed E-state index contributed by atoms with van der Waals surface area (Å²) in [5, 5.41) is 3.53. The van der Waals surface area contributed by atoms with Gasteiger partial charge in [-0.25, -0.2) is 4.98 Å². The summed E-state index contributed by atoms with van der Waals surface area (Å²) >= 11 is 0. The van der Waals surface area contributed by atoms with E-state index in [1.54, 1.807) is 6.07 Å². The number of primary amides is 1. The first-order valence-corrected chi connectivity index (χ1v) is 9.71. The van der Waals surface area contributed by atoms with Gasteiger partial charge in [-0.1, -0.05) is 78.9 Å². The summed E-state index contributed by atoms with van der Waals surface area (Å²) in [5.41, 5.74) is 9.27. The number of hydrogen-bond donors (Lipinski definition) is 2. The van der Waals surface area contributed by atoms with E-state index in [9.17, 15) is 9.59 Å². The highest BCUT2D eigenvalue weighted by Crippen LogP contribution is 2.25. The van der Waals surface area contributed by atoms with Crippen LogP contribution in [0.4, 0.5) is 0 Å². The third-order valence-electron chi connectivity index (χ3n) is 4.96. The first-order chi connectivity index (χ1) is 14.6. The molecule has 0 radical (unpaired) electrons. The van der Waals surface area contributed by atoms with Crippen LogP contribution in [0.2, 0.25) is 0 Å². The maximum Gasteiger partial charge on any atom is 0.252 e. The fourth-order valence-corrected chi connectivity index (χ4v) is 3.43. The topological polar surface area (TPSA) is 85.1 Å². The molecule has 4 rings (SSSR count). The highest BCUT2D eigenvalue weighted by atomic mass is 16.2. The molecule has 0 aliphatic heterocycles. The summed E-state index contributed by atoms with van der Waals surface area (Å²) in [7, 11) is 0. The number of benzene rings is 3. The molecule has 3 aromatic carbocycles. The summed E-state index contributed by atoms with van der Waals surface area (Å²) in [6.45, 7) is 0. The van der Waals surface area contributed by atoms with Crippen LogP contribution in [-0.4, -0.2) is 22.8 Å². The third-order valence-corrected chi connectivity index (χ3v) is 4.96. The summed E-state index contributed by atoms with van der Waals surface area (Å²) in [5.74, 6) is -0.931. The lowest BCUT2D eigenvalue weighted by Crippen LogP contribution is -2.45. The fraction of sp³-hybridized carbons (Fsp3) is 0.0800. The van der Waals surface area contributed by atoms with Gasteiger partial charge in [0.25, 0.3) is 5.91 Å². The minimum absolute atomic E-state index is 0.330. The fourth-order valence-electron chi connectivity index (χ4n) is 3.43. The second-order valence-electron chi connectivity index (χ2n) is 7.06. The van der Waals surface area contributed by atoms with Gasteiger partial charge in [0, 0.05) is 17.4 Å². The predicted octanol–water partition coefficient (Wildman–Crippen LogP) is 3.73. The number of aromatic nitrogens is 1. The zero-order valence-corrected chi connectivity index (χ0v) is 16.3. The van der Waals surface area contributed by atoms with Crippen molar-refractivity contribution >= 4 is 22.7 Å². The van der Waals surface area contributed by atoms with Gasteiger partial charge in [-0.3, -0.25) is 9.59 Å². The number of fused-ring (bicyclic) bond motifs is 1. The minimum Gasteiger partial charge on any atom is -0.368 e. The Morgan fingerprint density at radius 2 is 1.50 bits per heavy atom. The van der Waals surface area contributed by atoms with Crippen LogP contribution in [0.3, 0.4) is 0 Å². The van der Waals surface area contributed by atoms with Crippen LogP contribution in [0.25, 0.3) is 22.2 Å². The molecule has 4 aromatic rings. The Morgan fingerprint density at radius 3 is 2.20 bits per heavy atom. The van der Waals surface area contributed by atoms with E-state index in [0.717, 1.165) is 16.5 Å². The van der Waals surface area contributed by atoms with E-state index in [4.69, 9.17) is 10.7 Å². The number of nitrogens with two attached hydrogens (primary N) is 1. The van der Waals surface area contributed by atoms with Crippen molar-refractivity contribution in [1.29, 1.82) is 0 Å². The summed E-state index contributed by atoms with van der Waals surface area (Å²) in [6.07, 6.45) is 0.330. The van der Waals surface area contributed by atoms with Gasteiger partial charge in [-0.15, -0.1) is 0 Å². The number of amides is 2. The largest absolute Gasteiger partial charge is 0.368 e. The molecule has 1 heterocycles. The van der Waals surface area contributed by atoms with Crippen LogP contribution < -0.4 is 11.1 Å². The number of carbonyl (C=O) groups excluding carboxylic acids is 2. The van der Waals surface area contributed by atoms with Crippen molar-refractivity contribution in [2.75, 3.05) is 0 Å². The molecular formula is C25H21N3O2. The Bertz CT molecular complexity index is 1190. The van der Waals surface area contributed by atoms with E-state index < -0.39 is 11.9 Å². The zero-order chi connectivity index (χ0) is 20.9. The van der Waals surface area contributed by atoms with Crippen molar-refractivity contribution in [3.63, 3.8) is 0 Å². The Balaban J connectivity index is 1.70. The maximum atomic E-state index is 13.2. The summed E-state index contributed by atoms with van der Waals surface area (Å²) < 4.78 is 0. The Morgan fingerprint density at radius 1 is 0.867 bits per heavy atom. The highest BCUT2D eigenvalue weighted by Gasteiger charge is 2.21. The van der Waals surface area contributed by atoms with E-state index in [0.29, 0.717) is 23.2 Å². The molecule has 30 heavy (non-hydrogen) atoms. The Hall–Kier alpha value is -3.99. The number of rotatable bonds is 6. The molecule has 5 nitrogen and oxygen atoms in total. The molecule has 3 N–H and O–H groups in total. The van der Waals surface area contributed by atoms with Crippen molar-refractivity contribution in [3.05, 3.63) is 102 Å². The average molecular weight is 395 g/mol. The van der Waals surface area contributed by atoms with Crippen LogP contribution in [0.5, 0.6) is 0 Å². The van der Waals surface area contributed by atoms with Gasteiger partial charge in [0.15, 0.2) is 0 Å². The van der Waals surface area contributed by atoms with E-state index in [-0.39, 0.29) is 5.91 Å². The molecule has 0 aliphatic carbocycles. The molecule has 0 bridgehead atoms. The van der Waals surface area contributed by atoms with Gasteiger partial charge >= 0.3 is 0 Å². The van der Waals surface area contributed by atoms with Crippen LogP contribution in [0.1, 0.15) is 15.9 Å². The van der Waals surface area contributed by atoms with Crippen LogP contribution in [-0.2, 0) is 11.2 Å². The lowest BCUT2D eigenvalue weighted by molar-refractivity contribution is -0.119. The number of hydrogen-bond acceptors (Lipinski definition) is 3. The standard InChI is InChI=1S/C25H21N3O2/c26-24(29)23(15-17-9-3-1-4-10-17)28-25(30)20-16-22(18-11-5-2-6-12-18)27-21-14-8-7-13-19(20)21/h1-14,16,23H,15H2,(H2,26,29)(H,28,30). The molecule has 0 aliphatic rings. The molecule has 0 spiro atoms. The second-order valence-corrected chi connectivity index (χ2v) is 7.06. The molecule has 0 saturated heterocycles. The van der Waals surface area contributed by atoms with Gasteiger partial charge in [-0.2, -0.15) is 0 Å². The van der Waals surface area contributed by atoms with Gasteiger partial charge in [0.2, 0.25) is 5.91 Å². The third kappa shape index (κ3) is 4.20. The van der Waals surface area contributed by atoms with Gasteiger partial charge in [0.05, 0.1) is 16.8 Å². The van der Waals surface area contributed by atoms with E-state index in [2.05, 4.69) is 5.32 Å². The van der Waals surface area contributed by atoms with Crippen molar-refractivity contribution in [2.24, 2.45) is 5.73 Å². The monoisotopic (exact) mass is 395 g/mol. The minimum atomic E-state index is -0.813. The molecule has 1 aromatic heterocycles. The number of nitrogens with one attached hydrogen (secondary N) is 1. The molecule has 5 heteroatoms.